The molecular formula is C28H30FNO. The first-order valence-corrected chi connectivity index (χ1v) is 11.4. The van der Waals surface area contributed by atoms with Gasteiger partial charge in [0.15, 0.2) is 0 Å². The van der Waals surface area contributed by atoms with Gasteiger partial charge in [0.25, 0.3) is 0 Å². The molecule has 3 heteroatoms. The quantitative estimate of drug-likeness (QED) is 0.441. The third kappa shape index (κ3) is 3.50. The number of benzene rings is 3. The van der Waals surface area contributed by atoms with Gasteiger partial charge in [0.1, 0.15) is 12.3 Å². The number of nitrogens with zero attached hydrogens (tertiary/aromatic N) is 1. The molecule has 2 aliphatic rings. The lowest BCUT2D eigenvalue weighted by atomic mass is 9.79. The molecule has 2 atom stereocenters. The third-order valence-electron chi connectivity index (χ3n) is 7.31. The summed E-state index contributed by atoms with van der Waals surface area (Å²) in [6.45, 7) is 1.32. The molecule has 0 amide bonds. The topological polar surface area (TPSA) is 12.5 Å². The van der Waals surface area contributed by atoms with E-state index in [9.17, 15) is 4.39 Å². The van der Waals surface area contributed by atoms with E-state index >= 15 is 0 Å². The minimum Gasteiger partial charge on any atom is -0.359 e. The first kappa shape index (κ1) is 20.4. The van der Waals surface area contributed by atoms with Gasteiger partial charge in [-0.2, -0.15) is 0 Å². The first-order chi connectivity index (χ1) is 15.3. The number of rotatable bonds is 7. The number of hydrogen-bond donors (Lipinski definition) is 0. The molecule has 3 aromatic carbocycles. The highest BCUT2D eigenvalue weighted by Gasteiger charge is 2.51. The maximum atomic E-state index is 13.7. The van der Waals surface area contributed by atoms with Crippen LogP contribution >= 0.6 is 0 Å². The largest absolute Gasteiger partial charge is 0.359 e. The Morgan fingerprint density at radius 2 is 1.32 bits per heavy atom. The second-order valence-corrected chi connectivity index (χ2v) is 8.94. The van der Waals surface area contributed by atoms with Crippen LogP contribution in [-0.2, 0) is 10.3 Å². The van der Waals surface area contributed by atoms with E-state index < -0.39 is 5.60 Å². The summed E-state index contributed by atoms with van der Waals surface area (Å²) in [5.41, 5.74) is 2.59. The number of hydrogen-bond acceptors (Lipinski definition) is 2. The predicted molar refractivity (Wildman–Crippen MR) is 123 cm³/mol. The minimum absolute atomic E-state index is 0.0469. The van der Waals surface area contributed by atoms with Crippen molar-refractivity contribution in [3.63, 3.8) is 0 Å². The van der Waals surface area contributed by atoms with E-state index in [1.807, 2.05) is 18.2 Å². The molecule has 31 heavy (non-hydrogen) atoms. The van der Waals surface area contributed by atoms with Gasteiger partial charge >= 0.3 is 0 Å². The molecule has 2 saturated heterocycles. The van der Waals surface area contributed by atoms with Crippen LogP contribution in [-0.4, -0.2) is 36.3 Å². The lowest BCUT2D eigenvalue weighted by molar-refractivity contribution is -0.0476. The van der Waals surface area contributed by atoms with Crippen molar-refractivity contribution in [3.05, 3.63) is 108 Å². The van der Waals surface area contributed by atoms with Crippen LogP contribution in [0.25, 0.3) is 0 Å². The van der Waals surface area contributed by atoms with Crippen molar-refractivity contribution in [3.8, 4) is 0 Å². The van der Waals surface area contributed by atoms with Crippen LogP contribution in [0.5, 0.6) is 0 Å². The van der Waals surface area contributed by atoms with E-state index in [-0.39, 0.29) is 18.3 Å². The highest BCUT2D eigenvalue weighted by atomic mass is 19.1. The van der Waals surface area contributed by atoms with Crippen LogP contribution in [0.3, 0.4) is 0 Å². The predicted octanol–water partition coefficient (Wildman–Crippen LogP) is 5.96. The van der Waals surface area contributed by atoms with Gasteiger partial charge in [0.2, 0.25) is 0 Å². The Hall–Kier alpha value is -2.49. The smallest absolute Gasteiger partial charge is 0.143 e. The maximum absolute atomic E-state index is 13.7. The average molecular weight is 416 g/mol. The highest BCUT2D eigenvalue weighted by Crippen LogP contribution is 2.46. The van der Waals surface area contributed by atoms with Gasteiger partial charge in [-0.1, -0.05) is 91.0 Å². The van der Waals surface area contributed by atoms with Gasteiger partial charge in [0.05, 0.1) is 6.61 Å². The summed E-state index contributed by atoms with van der Waals surface area (Å²) in [7, 11) is 0. The fraction of sp³-hybridized carbons (Fsp3) is 0.357. The Morgan fingerprint density at radius 1 is 0.806 bits per heavy atom. The SMILES string of the molecule is FC[C@@H]1CC[C@]2(COC(c3ccccc3)(c3ccccc3)c3ccccc3)CCCN12. The number of fused-ring (bicyclic) bond motifs is 1. The van der Waals surface area contributed by atoms with Crippen molar-refractivity contribution in [1.82, 2.24) is 4.90 Å². The Labute approximate surface area is 184 Å². The van der Waals surface area contributed by atoms with E-state index in [4.69, 9.17) is 4.74 Å². The molecule has 0 radical (unpaired) electrons. The fourth-order valence-electron chi connectivity index (χ4n) is 5.79. The molecule has 2 nitrogen and oxygen atoms in total. The molecule has 0 saturated carbocycles. The Morgan fingerprint density at radius 3 is 1.81 bits per heavy atom. The molecule has 0 spiro atoms. The summed E-state index contributed by atoms with van der Waals surface area (Å²) < 4.78 is 20.8. The normalized spacial score (nSPS) is 23.7. The Kier molecular flexibility index (Phi) is 5.64. The van der Waals surface area contributed by atoms with Crippen LogP contribution in [0.4, 0.5) is 4.39 Å². The summed E-state index contributed by atoms with van der Waals surface area (Å²) in [6.07, 6.45) is 4.14. The van der Waals surface area contributed by atoms with Gasteiger partial charge in [-0.15, -0.1) is 0 Å². The molecule has 0 aromatic heterocycles. The molecule has 160 valence electrons. The molecular weight excluding hydrogens is 385 g/mol. The van der Waals surface area contributed by atoms with Crippen molar-refractivity contribution in [2.24, 2.45) is 0 Å². The van der Waals surface area contributed by atoms with Crippen LogP contribution in [0.15, 0.2) is 91.0 Å². The van der Waals surface area contributed by atoms with Gasteiger partial charge in [0, 0.05) is 11.6 Å². The molecule has 0 unspecified atom stereocenters. The highest BCUT2D eigenvalue weighted by molar-refractivity contribution is 5.47. The molecule has 2 aliphatic heterocycles. The summed E-state index contributed by atoms with van der Waals surface area (Å²) in [6, 6.07) is 31.6. The van der Waals surface area contributed by atoms with Crippen LogP contribution in [0.1, 0.15) is 42.4 Å². The second kappa shape index (κ2) is 8.57. The van der Waals surface area contributed by atoms with Crippen molar-refractivity contribution in [2.45, 2.75) is 42.9 Å². The van der Waals surface area contributed by atoms with Gasteiger partial charge in [-0.05, 0) is 48.9 Å². The Balaban J connectivity index is 1.61. The molecule has 0 aliphatic carbocycles. The summed E-state index contributed by atoms with van der Waals surface area (Å²) in [4.78, 5) is 2.40. The summed E-state index contributed by atoms with van der Waals surface area (Å²) in [5.74, 6) is 0. The van der Waals surface area contributed by atoms with E-state index in [0.29, 0.717) is 6.61 Å². The summed E-state index contributed by atoms with van der Waals surface area (Å²) in [5, 5.41) is 0. The fourth-order valence-corrected chi connectivity index (χ4v) is 5.79. The molecule has 2 fully saturated rings. The van der Waals surface area contributed by atoms with Gasteiger partial charge in [-0.3, -0.25) is 4.90 Å². The van der Waals surface area contributed by atoms with E-state index in [2.05, 4.69) is 77.7 Å². The van der Waals surface area contributed by atoms with Gasteiger partial charge < -0.3 is 4.74 Å². The second-order valence-electron chi connectivity index (χ2n) is 8.94. The number of halogens is 1. The van der Waals surface area contributed by atoms with Crippen LogP contribution in [0.2, 0.25) is 0 Å². The Bertz CT molecular complexity index is 881. The van der Waals surface area contributed by atoms with Crippen molar-refractivity contribution < 1.29 is 9.13 Å². The van der Waals surface area contributed by atoms with Crippen molar-refractivity contribution in [1.29, 1.82) is 0 Å². The van der Waals surface area contributed by atoms with E-state index in [1.54, 1.807) is 0 Å². The molecule has 2 heterocycles. The van der Waals surface area contributed by atoms with Crippen LogP contribution < -0.4 is 0 Å². The van der Waals surface area contributed by atoms with E-state index in [1.165, 1.54) is 0 Å². The molecule has 0 N–H and O–H groups in total. The number of alkyl halides is 1. The zero-order valence-corrected chi connectivity index (χ0v) is 17.9. The zero-order chi connectivity index (χ0) is 21.2. The summed E-state index contributed by atoms with van der Waals surface area (Å²) >= 11 is 0. The third-order valence-corrected chi connectivity index (χ3v) is 7.31. The number of ether oxygens (including phenoxy) is 1. The zero-order valence-electron chi connectivity index (χ0n) is 17.9. The van der Waals surface area contributed by atoms with Crippen molar-refractivity contribution in [2.75, 3.05) is 19.8 Å². The van der Waals surface area contributed by atoms with Crippen LogP contribution in [0, 0.1) is 0 Å². The van der Waals surface area contributed by atoms with Gasteiger partial charge in [-0.25, -0.2) is 4.39 Å². The maximum Gasteiger partial charge on any atom is 0.143 e. The molecule has 0 bridgehead atoms. The minimum atomic E-state index is -0.708. The lowest BCUT2D eigenvalue weighted by Crippen LogP contribution is -2.48. The standard InChI is InChI=1S/C28H30FNO/c29-21-26-17-19-27(18-10-20-30(26)27)22-31-28(23-11-4-1-5-12-23,24-13-6-2-7-14-24)25-15-8-3-9-16-25/h1-9,11-16,26H,10,17-22H2/t26-,27-/m0/s1. The molecule has 3 aromatic rings. The molecule has 5 rings (SSSR count). The van der Waals surface area contributed by atoms with Crippen molar-refractivity contribution >= 4 is 0 Å². The average Bonchev–Trinajstić information content (AvgIpc) is 3.41. The lowest BCUT2D eigenvalue weighted by Gasteiger charge is -2.41. The monoisotopic (exact) mass is 415 g/mol. The first-order valence-electron chi connectivity index (χ1n) is 11.4. The van der Waals surface area contributed by atoms with E-state index in [0.717, 1.165) is 48.9 Å².